The molecule has 0 unspecified atom stereocenters. The van der Waals surface area contributed by atoms with Gasteiger partial charge in [0, 0.05) is 51.2 Å². The van der Waals surface area contributed by atoms with Crippen LogP contribution in [0.2, 0.25) is 0 Å². The molecule has 1 saturated heterocycles. The number of hydrogen-bond donors (Lipinski definition) is 1. The summed E-state index contributed by atoms with van der Waals surface area (Å²) in [5.74, 6) is 1.09. The summed E-state index contributed by atoms with van der Waals surface area (Å²) < 4.78 is 0. The molecule has 0 aromatic carbocycles. The first-order valence-corrected chi connectivity index (χ1v) is 10.3. The summed E-state index contributed by atoms with van der Waals surface area (Å²) >= 11 is 0. The van der Waals surface area contributed by atoms with Crippen molar-refractivity contribution in [2.24, 2.45) is 4.99 Å². The Bertz CT molecular complexity index is 778. The molecule has 0 aliphatic carbocycles. The maximum atomic E-state index is 4.65. The second-order valence-corrected chi connectivity index (χ2v) is 7.79. The molecule has 6 nitrogen and oxygen atoms in total. The van der Waals surface area contributed by atoms with Crippen molar-refractivity contribution in [1.82, 2.24) is 25.1 Å². The van der Waals surface area contributed by atoms with E-state index in [9.17, 15) is 0 Å². The molecule has 0 radical (unpaired) electrons. The molecule has 0 atom stereocenters. The standard InChI is InChI=1S/C22H30N6/c1-17-5-3-9-23-20(17)15-28(16-21-18(2)6-4-10-24-21)19-7-13-27(14-8-19)22-25-11-12-26-22/h3-6,9-10,19H,7-8,11-16H2,1-2H3,(H,25,26). The van der Waals surface area contributed by atoms with Gasteiger partial charge in [-0.2, -0.15) is 0 Å². The van der Waals surface area contributed by atoms with Crippen LogP contribution in [0.5, 0.6) is 0 Å². The molecule has 6 heteroatoms. The average Bonchev–Trinajstić information content (AvgIpc) is 3.26. The number of hydrogen-bond acceptors (Lipinski definition) is 6. The monoisotopic (exact) mass is 378 g/mol. The van der Waals surface area contributed by atoms with E-state index in [-0.39, 0.29) is 0 Å². The van der Waals surface area contributed by atoms with E-state index in [4.69, 9.17) is 0 Å². The smallest absolute Gasteiger partial charge is 0.194 e. The molecule has 2 aromatic heterocycles. The fraction of sp³-hybridized carbons (Fsp3) is 0.500. The zero-order valence-electron chi connectivity index (χ0n) is 16.9. The van der Waals surface area contributed by atoms with Crippen LogP contribution in [0.25, 0.3) is 0 Å². The Morgan fingerprint density at radius 1 is 1.00 bits per heavy atom. The fourth-order valence-electron chi connectivity index (χ4n) is 4.11. The van der Waals surface area contributed by atoms with Gasteiger partial charge in [0.25, 0.3) is 0 Å². The first-order chi connectivity index (χ1) is 13.7. The molecule has 4 rings (SSSR count). The summed E-state index contributed by atoms with van der Waals surface area (Å²) in [5.41, 5.74) is 4.85. The van der Waals surface area contributed by atoms with Gasteiger partial charge in [-0.25, -0.2) is 0 Å². The lowest BCUT2D eigenvalue weighted by molar-refractivity contribution is 0.117. The molecule has 2 aromatic rings. The van der Waals surface area contributed by atoms with Crippen LogP contribution in [-0.2, 0) is 13.1 Å². The van der Waals surface area contributed by atoms with Crippen LogP contribution in [0.15, 0.2) is 41.7 Å². The molecule has 0 spiro atoms. The van der Waals surface area contributed by atoms with Gasteiger partial charge >= 0.3 is 0 Å². The van der Waals surface area contributed by atoms with Crippen molar-refractivity contribution in [2.45, 2.75) is 45.8 Å². The minimum Gasteiger partial charge on any atom is -0.354 e. The number of rotatable bonds is 5. The third-order valence-electron chi connectivity index (χ3n) is 5.88. The van der Waals surface area contributed by atoms with Crippen molar-refractivity contribution in [3.63, 3.8) is 0 Å². The van der Waals surface area contributed by atoms with Crippen LogP contribution < -0.4 is 5.32 Å². The Kier molecular flexibility index (Phi) is 5.86. The van der Waals surface area contributed by atoms with Gasteiger partial charge in [0.1, 0.15) is 0 Å². The average molecular weight is 379 g/mol. The minimum atomic E-state index is 0.529. The molecule has 148 valence electrons. The van der Waals surface area contributed by atoms with Crippen molar-refractivity contribution in [3.8, 4) is 0 Å². The maximum absolute atomic E-state index is 4.65. The summed E-state index contributed by atoms with van der Waals surface area (Å²) in [6.07, 6.45) is 6.08. The summed E-state index contributed by atoms with van der Waals surface area (Å²) in [5, 5.41) is 3.41. The Labute approximate surface area is 167 Å². The lowest BCUT2D eigenvalue weighted by atomic mass is 10.0. The van der Waals surface area contributed by atoms with Gasteiger partial charge in [-0.3, -0.25) is 19.9 Å². The van der Waals surface area contributed by atoms with Gasteiger partial charge in [-0.1, -0.05) is 12.1 Å². The minimum absolute atomic E-state index is 0.529. The number of nitrogens with one attached hydrogen (secondary N) is 1. The van der Waals surface area contributed by atoms with Crippen LogP contribution in [-0.4, -0.2) is 57.9 Å². The lowest BCUT2D eigenvalue weighted by Crippen LogP contribution is -2.49. The molecule has 4 heterocycles. The van der Waals surface area contributed by atoms with Gasteiger partial charge in [-0.05, 0) is 49.9 Å². The number of aromatic nitrogens is 2. The first-order valence-electron chi connectivity index (χ1n) is 10.3. The van der Waals surface area contributed by atoms with Crippen molar-refractivity contribution in [1.29, 1.82) is 0 Å². The van der Waals surface area contributed by atoms with Crippen LogP contribution in [0, 0.1) is 13.8 Å². The predicted octanol–water partition coefficient (Wildman–Crippen LogP) is 2.52. The van der Waals surface area contributed by atoms with Gasteiger partial charge in [-0.15, -0.1) is 0 Å². The SMILES string of the molecule is Cc1cccnc1CN(Cc1ncccc1C)C1CCN(C2=NCCN2)CC1. The second-order valence-electron chi connectivity index (χ2n) is 7.79. The van der Waals surface area contributed by atoms with Crippen molar-refractivity contribution in [3.05, 3.63) is 59.2 Å². The van der Waals surface area contributed by atoms with Gasteiger partial charge in [0.2, 0.25) is 0 Å². The quantitative estimate of drug-likeness (QED) is 0.866. The van der Waals surface area contributed by atoms with Crippen LogP contribution in [0.1, 0.15) is 35.4 Å². The van der Waals surface area contributed by atoms with Crippen molar-refractivity contribution in [2.75, 3.05) is 26.2 Å². The van der Waals surface area contributed by atoms with Crippen LogP contribution in [0.4, 0.5) is 0 Å². The third kappa shape index (κ3) is 4.33. The largest absolute Gasteiger partial charge is 0.354 e. The molecule has 1 N–H and O–H groups in total. The van der Waals surface area contributed by atoms with Gasteiger partial charge in [0.15, 0.2) is 5.96 Å². The Balaban J connectivity index is 1.49. The second kappa shape index (κ2) is 8.69. The summed E-state index contributed by atoms with van der Waals surface area (Å²) in [7, 11) is 0. The van der Waals surface area contributed by atoms with E-state index in [1.165, 1.54) is 22.5 Å². The normalized spacial score (nSPS) is 17.7. The third-order valence-corrected chi connectivity index (χ3v) is 5.88. The van der Waals surface area contributed by atoms with Crippen LogP contribution in [0.3, 0.4) is 0 Å². The number of nitrogens with zero attached hydrogens (tertiary/aromatic N) is 5. The molecular formula is C22H30N6. The predicted molar refractivity (Wildman–Crippen MR) is 112 cm³/mol. The Hall–Kier alpha value is -2.47. The molecule has 1 fully saturated rings. The maximum Gasteiger partial charge on any atom is 0.194 e. The number of pyridine rings is 2. The van der Waals surface area contributed by atoms with E-state index in [0.717, 1.165) is 58.1 Å². The number of guanidine groups is 1. The molecule has 2 aliphatic rings. The highest BCUT2D eigenvalue weighted by Gasteiger charge is 2.28. The van der Waals surface area contributed by atoms with Crippen LogP contribution >= 0.6 is 0 Å². The highest BCUT2D eigenvalue weighted by molar-refractivity contribution is 5.81. The molecule has 0 saturated carbocycles. The van der Waals surface area contributed by atoms with Gasteiger partial charge in [0.05, 0.1) is 17.9 Å². The van der Waals surface area contributed by atoms with E-state index in [0.29, 0.717) is 6.04 Å². The highest BCUT2D eigenvalue weighted by atomic mass is 15.3. The molecule has 0 bridgehead atoms. The number of aryl methyl sites for hydroxylation is 2. The lowest BCUT2D eigenvalue weighted by Gasteiger charge is -2.39. The van der Waals surface area contributed by atoms with E-state index in [1.807, 2.05) is 24.5 Å². The molecule has 0 amide bonds. The van der Waals surface area contributed by atoms with Crippen molar-refractivity contribution < 1.29 is 0 Å². The number of piperidine rings is 1. The highest BCUT2D eigenvalue weighted by Crippen LogP contribution is 2.22. The Morgan fingerprint density at radius 2 is 1.61 bits per heavy atom. The van der Waals surface area contributed by atoms with E-state index >= 15 is 0 Å². The van der Waals surface area contributed by atoms with Crippen molar-refractivity contribution >= 4 is 5.96 Å². The summed E-state index contributed by atoms with van der Waals surface area (Å²) in [4.78, 5) is 18.9. The van der Waals surface area contributed by atoms with E-state index in [1.54, 1.807) is 0 Å². The van der Waals surface area contributed by atoms with E-state index < -0.39 is 0 Å². The molecule has 28 heavy (non-hydrogen) atoms. The van der Waals surface area contributed by atoms with Gasteiger partial charge < -0.3 is 10.2 Å². The zero-order chi connectivity index (χ0) is 19.3. The summed E-state index contributed by atoms with van der Waals surface area (Å²) in [6, 6.07) is 8.86. The Morgan fingerprint density at radius 3 is 2.11 bits per heavy atom. The number of likely N-dealkylation sites (tertiary alicyclic amines) is 1. The van der Waals surface area contributed by atoms with E-state index in [2.05, 4.69) is 56.1 Å². The topological polar surface area (TPSA) is 56.7 Å². The molecular weight excluding hydrogens is 348 g/mol. The zero-order valence-corrected chi connectivity index (χ0v) is 16.9. The fourth-order valence-corrected chi connectivity index (χ4v) is 4.11. The first kappa shape index (κ1) is 18.9. The summed E-state index contributed by atoms with van der Waals surface area (Å²) in [6.45, 7) is 10.0. The molecule has 2 aliphatic heterocycles. The number of aliphatic imine (C=N–C) groups is 1.